The largest absolute Gasteiger partial charge is 0.350 e. The summed E-state index contributed by atoms with van der Waals surface area (Å²) < 4.78 is 0. The first kappa shape index (κ1) is 15.1. The zero-order chi connectivity index (χ0) is 16.5. The third kappa shape index (κ3) is 2.98. The normalized spacial score (nSPS) is 18.6. The van der Waals surface area contributed by atoms with E-state index in [0.29, 0.717) is 17.8 Å². The van der Waals surface area contributed by atoms with E-state index in [9.17, 15) is 4.79 Å². The van der Waals surface area contributed by atoms with Crippen LogP contribution in [0.3, 0.4) is 0 Å². The van der Waals surface area contributed by atoms with Crippen molar-refractivity contribution in [1.82, 2.24) is 24.8 Å². The smallest absolute Gasteiger partial charge is 0.271 e. The quantitative estimate of drug-likeness (QED) is 0.926. The Morgan fingerprint density at radius 3 is 2.58 bits per heavy atom. The lowest BCUT2D eigenvalue weighted by molar-refractivity contribution is 0.0706. The maximum absolute atomic E-state index is 12.4. The average molecular weight is 326 g/mol. The first-order chi connectivity index (χ1) is 11.7. The van der Waals surface area contributed by atoms with Crippen molar-refractivity contribution in [1.29, 1.82) is 0 Å². The molecule has 1 aliphatic carbocycles. The summed E-state index contributed by atoms with van der Waals surface area (Å²) in [4.78, 5) is 32.3. The minimum atomic E-state index is 0.0433. The van der Waals surface area contributed by atoms with Gasteiger partial charge in [0.1, 0.15) is 17.8 Å². The Balaban J connectivity index is 1.45. The van der Waals surface area contributed by atoms with E-state index in [4.69, 9.17) is 0 Å². The summed E-state index contributed by atoms with van der Waals surface area (Å²) in [6, 6.07) is 3.11. The third-order valence-electron chi connectivity index (χ3n) is 4.87. The molecular formula is C17H22N6O. The fourth-order valence-electron chi connectivity index (χ4n) is 3.50. The number of amides is 1. The average Bonchev–Trinajstić information content (AvgIpc) is 3.27. The minimum absolute atomic E-state index is 0.0433. The molecule has 0 radical (unpaired) electrons. The lowest BCUT2D eigenvalue weighted by Crippen LogP contribution is -2.48. The van der Waals surface area contributed by atoms with Gasteiger partial charge < -0.3 is 14.8 Å². The summed E-state index contributed by atoms with van der Waals surface area (Å²) in [5.74, 6) is 1.07. The number of nitrogens with one attached hydrogen (secondary N) is 1. The number of nitrogens with zero attached hydrogens (tertiary/aromatic N) is 5. The number of aryl methyl sites for hydroxylation is 1. The standard InChI is InChI=1S/C17H22N6O/c1-12-8-16(21-11-19-12)23(13-2-3-13)14-4-6-22(7-5-14)17(24)15-9-18-10-20-15/h8-11,13-14H,2-7H2,1H3,(H,18,20). The van der Waals surface area contributed by atoms with Gasteiger partial charge in [-0.1, -0.05) is 0 Å². The van der Waals surface area contributed by atoms with Gasteiger partial charge in [0.15, 0.2) is 0 Å². The van der Waals surface area contributed by atoms with Crippen molar-refractivity contribution in [3.63, 3.8) is 0 Å². The van der Waals surface area contributed by atoms with Crippen LogP contribution >= 0.6 is 0 Å². The van der Waals surface area contributed by atoms with Crippen LogP contribution in [0, 0.1) is 6.92 Å². The van der Waals surface area contributed by atoms with Crippen molar-refractivity contribution in [2.24, 2.45) is 0 Å². The van der Waals surface area contributed by atoms with Crippen molar-refractivity contribution in [2.75, 3.05) is 18.0 Å². The SMILES string of the molecule is Cc1cc(N(C2CC2)C2CCN(C(=O)c3cnc[nH]3)CC2)ncn1. The summed E-state index contributed by atoms with van der Waals surface area (Å²) in [5.41, 5.74) is 1.57. The first-order valence-electron chi connectivity index (χ1n) is 8.57. The van der Waals surface area contributed by atoms with Gasteiger partial charge in [0.25, 0.3) is 5.91 Å². The van der Waals surface area contributed by atoms with Crippen LogP contribution in [0.25, 0.3) is 0 Å². The number of H-pyrrole nitrogens is 1. The Morgan fingerprint density at radius 2 is 1.96 bits per heavy atom. The maximum atomic E-state index is 12.4. The van der Waals surface area contributed by atoms with Crippen LogP contribution in [0.5, 0.6) is 0 Å². The van der Waals surface area contributed by atoms with Gasteiger partial charge in [-0.3, -0.25) is 4.79 Å². The molecule has 2 aromatic heterocycles. The molecule has 0 spiro atoms. The highest BCUT2D eigenvalue weighted by molar-refractivity contribution is 5.92. The first-order valence-corrected chi connectivity index (χ1v) is 8.57. The Hall–Kier alpha value is -2.44. The van der Waals surface area contributed by atoms with Crippen LogP contribution < -0.4 is 4.90 Å². The molecule has 1 amide bonds. The number of aromatic nitrogens is 4. The summed E-state index contributed by atoms with van der Waals surface area (Å²) in [6.45, 7) is 3.55. The van der Waals surface area contributed by atoms with Crippen LogP contribution in [0.1, 0.15) is 41.9 Å². The van der Waals surface area contributed by atoms with Crippen molar-refractivity contribution in [3.05, 3.63) is 36.3 Å². The van der Waals surface area contributed by atoms with Crippen LogP contribution in [0.2, 0.25) is 0 Å². The van der Waals surface area contributed by atoms with Gasteiger partial charge in [-0.25, -0.2) is 15.0 Å². The molecule has 0 unspecified atom stereocenters. The highest BCUT2D eigenvalue weighted by atomic mass is 16.2. The van der Waals surface area contributed by atoms with E-state index in [1.165, 1.54) is 12.8 Å². The molecule has 0 atom stereocenters. The van der Waals surface area contributed by atoms with Crippen LogP contribution in [-0.2, 0) is 0 Å². The molecule has 1 aliphatic heterocycles. The van der Waals surface area contributed by atoms with Crippen LogP contribution in [-0.4, -0.2) is 55.9 Å². The van der Waals surface area contributed by atoms with E-state index in [0.717, 1.165) is 37.4 Å². The molecule has 0 bridgehead atoms. The molecular weight excluding hydrogens is 304 g/mol. The number of rotatable bonds is 4. The Morgan fingerprint density at radius 1 is 1.21 bits per heavy atom. The van der Waals surface area contributed by atoms with E-state index in [2.05, 4.69) is 30.9 Å². The summed E-state index contributed by atoms with van der Waals surface area (Å²) >= 11 is 0. The molecule has 4 rings (SSSR count). The van der Waals surface area contributed by atoms with E-state index in [1.54, 1.807) is 18.9 Å². The fraction of sp³-hybridized carbons (Fsp3) is 0.529. The molecule has 3 heterocycles. The summed E-state index contributed by atoms with van der Waals surface area (Å²) in [7, 11) is 0. The number of hydrogen-bond acceptors (Lipinski definition) is 5. The Labute approximate surface area is 141 Å². The summed E-state index contributed by atoms with van der Waals surface area (Å²) in [6.07, 6.45) is 9.20. The van der Waals surface area contributed by atoms with E-state index < -0.39 is 0 Å². The van der Waals surface area contributed by atoms with Crippen LogP contribution in [0.15, 0.2) is 24.9 Å². The number of carbonyl (C=O) groups excluding carboxylic acids is 1. The van der Waals surface area contributed by atoms with Gasteiger partial charge >= 0.3 is 0 Å². The lowest BCUT2D eigenvalue weighted by atomic mass is 10.0. The van der Waals surface area contributed by atoms with Gasteiger partial charge in [0.05, 0.1) is 12.5 Å². The van der Waals surface area contributed by atoms with Gasteiger partial charge in [-0.05, 0) is 32.6 Å². The second-order valence-corrected chi connectivity index (χ2v) is 6.64. The van der Waals surface area contributed by atoms with E-state index in [1.807, 2.05) is 11.8 Å². The number of likely N-dealkylation sites (tertiary alicyclic amines) is 1. The predicted molar refractivity (Wildman–Crippen MR) is 89.8 cm³/mol. The topological polar surface area (TPSA) is 78.0 Å². The van der Waals surface area contributed by atoms with Gasteiger partial charge in [-0.15, -0.1) is 0 Å². The molecule has 1 saturated heterocycles. The lowest BCUT2D eigenvalue weighted by Gasteiger charge is -2.39. The third-order valence-corrected chi connectivity index (χ3v) is 4.87. The molecule has 1 saturated carbocycles. The molecule has 1 N–H and O–H groups in total. The molecule has 0 aromatic carbocycles. The maximum Gasteiger partial charge on any atom is 0.271 e. The fourth-order valence-corrected chi connectivity index (χ4v) is 3.50. The highest BCUT2D eigenvalue weighted by Crippen LogP contribution is 2.35. The molecule has 7 heteroatoms. The predicted octanol–water partition coefficient (Wildman–Crippen LogP) is 1.78. The minimum Gasteiger partial charge on any atom is -0.350 e. The van der Waals surface area contributed by atoms with E-state index in [-0.39, 0.29) is 5.91 Å². The molecule has 2 aliphatic rings. The molecule has 126 valence electrons. The van der Waals surface area contributed by atoms with Gasteiger partial charge in [0.2, 0.25) is 0 Å². The van der Waals surface area contributed by atoms with Crippen LogP contribution in [0.4, 0.5) is 5.82 Å². The Kier molecular flexibility index (Phi) is 3.92. The number of hydrogen-bond donors (Lipinski definition) is 1. The highest BCUT2D eigenvalue weighted by Gasteiger charge is 2.37. The van der Waals surface area contributed by atoms with E-state index >= 15 is 0 Å². The number of imidazole rings is 1. The Bertz CT molecular complexity index is 704. The second kappa shape index (κ2) is 6.22. The zero-order valence-electron chi connectivity index (χ0n) is 13.9. The van der Waals surface area contributed by atoms with Gasteiger partial charge in [0, 0.05) is 36.9 Å². The van der Waals surface area contributed by atoms with Gasteiger partial charge in [-0.2, -0.15) is 0 Å². The van der Waals surface area contributed by atoms with Crippen molar-refractivity contribution >= 4 is 11.7 Å². The van der Waals surface area contributed by atoms with Crippen molar-refractivity contribution < 1.29 is 4.79 Å². The number of carbonyl (C=O) groups is 1. The van der Waals surface area contributed by atoms with Crippen molar-refractivity contribution in [3.8, 4) is 0 Å². The zero-order valence-corrected chi connectivity index (χ0v) is 13.9. The second-order valence-electron chi connectivity index (χ2n) is 6.64. The molecule has 7 nitrogen and oxygen atoms in total. The molecule has 24 heavy (non-hydrogen) atoms. The number of piperidine rings is 1. The summed E-state index contributed by atoms with van der Waals surface area (Å²) in [5, 5.41) is 0. The molecule has 2 aromatic rings. The number of aromatic amines is 1. The monoisotopic (exact) mass is 326 g/mol. The molecule has 2 fully saturated rings. The van der Waals surface area contributed by atoms with Crippen molar-refractivity contribution in [2.45, 2.75) is 44.7 Å². The number of anilines is 1.